The standard InChI is InChI=1S/C14H17N3O2/c1-14(13(18)19)3-6-17(7-4-14)10-11-2-5-16-12(8-11)9-15/h2,5,8H,3-4,6-7,10H2,1H3,(H,18,19). The van der Waals surface area contributed by atoms with Crippen LogP contribution in [0.25, 0.3) is 0 Å². The van der Waals surface area contributed by atoms with Gasteiger partial charge in [-0.3, -0.25) is 9.69 Å². The third-order valence-corrected chi connectivity index (χ3v) is 3.82. The lowest BCUT2D eigenvalue weighted by molar-refractivity contribution is -0.150. The maximum atomic E-state index is 11.2. The minimum Gasteiger partial charge on any atom is -0.481 e. The first-order valence-corrected chi connectivity index (χ1v) is 6.34. The van der Waals surface area contributed by atoms with Gasteiger partial charge in [-0.1, -0.05) is 0 Å². The minimum absolute atomic E-state index is 0.421. The van der Waals surface area contributed by atoms with E-state index in [-0.39, 0.29) is 0 Å². The Morgan fingerprint density at radius 3 is 2.84 bits per heavy atom. The van der Waals surface area contributed by atoms with Crippen LogP contribution < -0.4 is 0 Å². The molecule has 0 atom stereocenters. The van der Waals surface area contributed by atoms with Crippen molar-refractivity contribution in [2.24, 2.45) is 5.41 Å². The number of rotatable bonds is 3. The van der Waals surface area contributed by atoms with Crippen LogP contribution in [-0.2, 0) is 11.3 Å². The highest BCUT2D eigenvalue weighted by molar-refractivity contribution is 5.74. The number of nitriles is 1. The van der Waals surface area contributed by atoms with Crippen LogP contribution in [0.3, 0.4) is 0 Å². The van der Waals surface area contributed by atoms with Crippen LogP contribution in [0.2, 0.25) is 0 Å². The molecule has 5 heteroatoms. The van der Waals surface area contributed by atoms with Gasteiger partial charge in [0.1, 0.15) is 11.8 Å². The zero-order valence-electron chi connectivity index (χ0n) is 11.0. The number of hydrogen-bond donors (Lipinski definition) is 1. The Balaban J connectivity index is 1.96. The highest BCUT2D eigenvalue weighted by atomic mass is 16.4. The first-order chi connectivity index (χ1) is 9.03. The molecular formula is C14H17N3O2. The summed E-state index contributed by atoms with van der Waals surface area (Å²) in [5, 5.41) is 18.0. The van der Waals surface area contributed by atoms with Crippen molar-refractivity contribution in [3.8, 4) is 6.07 Å². The summed E-state index contributed by atoms with van der Waals surface area (Å²) < 4.78 is 0. The van der Waals surface area contributed by atoms with Gasteiger partial charge < -0.3 is 5.11 Å². The van der Waals surface area contributed by atoms with Gasteiger partial charge in [-0.15, -0.1) is 0 Å². The number of aliphatic carboxylic acids is 1. The van der Waals surface area contributed by atoms with Gasteiger partial charge in [-0.2, -0.15) is 5.26 Å². The molecule has 1 fully saturated rings. The van der Waals surface area contributed by atoms with Crippen molar-refractivity contribution >= 4 is 5.97 Å². The van der Waals surface area contributed by atoms with Crippen LogP contribution >= 0.6 is 0 Å². The van der Waals surface area contributed by atoms with E-state index in [0.717, 1.165) is 25.2 Å². The third-order valence-electron chi connectivity index (χ3n) is 3.82. The zero-order valence-corrected chi connectivity index (χ0v) is 11.0. The lowest BCUT2D eigenvalue weighted by Gasteiger charge is -2.36. The van der Waals surface area contributed by atoms with Gasteiger partial charge in [0.15, 0.2) is 0 Å². The zero-order chi connectivity index (χ0) is 13.9. The number of hydrogen-bond acceptors (Lipinski definition) is 4. The Morgan fingerprint density at radius 2 is 2.26 bits per heavy atom. The van der Waals surface area contributed by atoms with E-state index in [1.807, 2.05) is 19.1 Å². The summed E-state index contributed by atoms with van der Waals surface area (Å²) in [7, 11) is 0. The molecule has 1 N–H and O–H groups in total. The van der Waals surface area contributed by atoms with Crippen LogP contribution in [0.1, 0.15) is 31.0 Å². The summed E-state index contributed by atoms with van der Waals surface area (Å²) >= 11 is 0. The summed E-state index contributed by atoms with van der Waals surface area (Å²) in [4.78, 5) is 17.3. The molecular weight excluding hydrogens is 242 g/mol. The first-order valence-electron chi connectivity index (χ1n) is 6.34. The molecule has 0 aromatic carbocycles. The Kier molecular flexibility index (Phi) is 3.82. The van der Waals surface area contributed by atoms with Crippen molar-refractivity contribution < 1.29 is 9.90 Å². The van der Waals surface area contributed by atoms with Gasteiger partial charge in [0.25, 0.3) is 0 Å². The Morgan fingerprint density at radius 1 is 1.58 bits per heavy atom. The molecule has 2 rings (SSSR count). The van der Waals surface area contributed by atoms with E-state index in [4.69, 9.17) is 5.26 Å². The largest absolute Gasteiger partial charge is 0.481 e. The van der Waals surface area contributed by atoms with Crippen LogP contribution in [0.15, 0.2) is 18.3 Å². The van der Waals surface area contributed by atoms with Crippen LogP contribution in [0, 0.1) is 16.7 Å². The summed E-state index contributed by atoms with van der Waals surface area (Å²) in [6.07, 6.45) is 2.97. The van der Waals surface area contributed by atoms with E-state index in [1.165, 1.54) is 0 Å². The summed E-state index contributed by atoms with van der Waals surface area (Å²) in [5.41, 5.74) is 0.877. The number of piperidine rings is 1. The molecule has 0 aliphatic carbocycles. The van der Waals surface area contributed by atoms with Crippen LogP contribution in [0.5, 0.6) is 0 Å². The molecule has 0 spiro atoms. The molecule has 0 bridgehead atoms. The van der Waals surface area contributed by atoms with E-state index in [1.54, 1.807) is 12.3 Å². The van der Waals surface area contributed by atoms with Gasteiger partial charge in [-0.05, 0) is 50.6 Å². The molecule has 19 heavy (non-hydrogen) atoms. The van der Waals surface area contributed by atoms with Gasteiger partial charge in [0.05, 0.1) is 5.41 Å². The van der Waals surface area contributed by atoms with E-state index in [2.05, 4.69) is 9.88 Å². The molecule has 1 aliphatic rings. The molecule has 5 nitrogen and oxygen atoms in total. The molecule has 0 amide bonds. The second-order valence-corrected chi connectivity index (χ2v) is 5.30. The van der Waals surface area contributed by atoms with Gasteiger partial charge in [0, 0.05) is 12.7 Å². The van der Waals surface area contributed by atoms with E-state index in [9.17, 15) is 9.90 Å². The number of pyridine rings is 1. The topological polar surface area (TPSA) is 77.2 Å². The van der Waals surface area contributed by atoms with Crippen LogP contribution in [-0.4, -0.2) is 34.0 Å². The third kappa shape index (κ3) is 3.09. The number of aromatic nitrogens is 1. The van der Waals surface area contributed by atoms with Crippen LogP contribution in [0.4, 0.5) is 0 Å². The quantitative estimate of drug-likeness (QED) is 0.892. The molecule has 2 heterocycles. The summed E-state index contributed by atoms with van der Waals surface area (Å²) in [6, 6.07) is 5.70. The number of likely N-dealkylation sites (tertiary alicyclic amines) is 1. The molecule has 0 unspecified atom stereocenters. The summed E-state index contributed by atoms with van der Waals surface area (Å²) in [5.74, 6) is -0.706. The number of carbonyl (C=O) groups is 1. The van der Waals surface area contributed by atoms with E-state index in [0.29, 0.717) is 18.5 Å². The van der Waals surface area contributed by atoms with Crippen molar-refractivity contribution in [3.63, 3.8) is 0 Å². The SMILES string of the molecule is CC1(C(=O)O)CCN(Cc2ccnc(C#N)c2)CC1. The maximum Gasteiger partial charge on any atom is 0.309 e. The van der Waals surface area contributed by atoms with Gasteiger partial charge in [0.2, 0.25) is 0 Å². The number of nitrogens with zero attached hydrogens (tertiary/aromatic N) is 3. The maximum absolute atomic E-state index is 11.2. The smallest absolute Gasteiger partial charge is 0.309 e. The fourth-order valence-corrected chi connectivity index (χ4v) is 2.31. The predicted molar refractivity (Wildman–Crippen MR) is 69.2 cm³/mol. The Hall–Kier alpha value is -1.93. The second-order valence-electron chi connectivity index (χ2n) is 5.30. The number of carboxylic acids is 1. The van der Waals surface area contributed by atoms with E-state index < -0.39 is 11.4 Å². The van der Waals surface area contributed by atoms with Crippen molar-refractivity contribution in [3.05, 3.63) is 29.6 Å². The lowest BCUT2D eigenvalue weighted by Crippen LogP contribution is -2.42. The molecule has 1 aromatic rings. The minimum atomic E-state index is -0.706. The van der Waals surface area contributed by atoms with E-state index >= 15 is 0 Å². The Bertz CT molecular complexity index is 514. The fourth-order valence-electron chi connectivity index (χ4n) is 2.31. The second kappa shape index (κ2) is 5.37. The average molecular weight is 259 g/mol. The normalized spacial score (nSPS) is 18.7. The monoisotopic (exact) mass is 259 g/mol. The van der Waals surface area contributed by atoms with Gasteiger partial charge >= 0.3 is 5.97 Å². The van der Waals surface area contributed by atoms with Crippen molar-refractivity contribution in [2.75, 3.05) is 13.1 Å². The molecule has 0 radical (unpaired) electrons. The molecule has 0 saturated carbocycles. The lowest BCUT2D eigenvalue weighted by atomic mass is 9.80. The highest BCUT2D eigenvalue weighted by Crippen LogP contribution is 2.31. The van der Waals surface area contributed by atoms with Gasteiger partial charge in [-0.25, -0.2) is 4.98 Å². The fraction of sp³-hybridized carbons (Fsp3) is 0.500. The molecule has 100 valence electrons. The van der Waals surface area contributed by atoms with Crippen molar-refractivity contribution in [2.45, 2.75) is 26.3 Å². The molecule has 1 aliphatic heterocycles. The van der Waals surface area contributed by atoms with Crippen molar-refractivity contribution in [1.29, 1.82) is 5.26 Å². The first kappa shape index (κ1) is 13.5. The molecule has 1 saturated heterocycles. The highest BCUT2D eigenvalue weighted by Gasteiger charge is 2.36. The number of carboxylic acid groups (broad SMARTS) is 1. The summed E-state index contributed by atoms with van der Waals surface area (Å²) in [6.45, 7) is 4.10. The van der Waals surface area contributed by atoms with Crippen molar-refractivity contribution in [1.82, 2.24) is 9.88 Å². The Labute approximate surface area is 112 Å². The molecule has 1 aromatic heterocycles. The predicted octanol–water partition coefficient (Wildman–Crippen LogP) is 1.64. The average Bonchev–Trinajstić information content (AvgIpc) is 2.42.